The van der Waals surface area contributed by atoms with Gasteiger partial charge in [-0.1, -0.05) is 24.3 Å². The van der Waals surface area contributed by atoms with Crippen molar-refractivity contribution in [1.29, 1.82) is 0 Å². The summed E-state index contributed by atoms with van der Waals surface area (Å²) >= 11 is 0. The van der Waals surface area contributed by atoms with E-state index in [1.807, 2.05) is 12.1 Å². The summed E-state index contributed by atoms with van der Waals surface area (Å²) in [7, 11) is 0. The van der Waals surface area contributed by atoms with Gasteiger partial charge in [-0.25, -0.2) is 9.59 Å². The molecule has 0 aliphatic carbocycles. The molecule has 2 aromatic carbocycles. The second-order valence-electron chi connectivity index (χ2n) is 9.03. The van der Waals surface area contributed by atoms with Gasteiger partial charge in [0.1, 0.15) is 13.2 Å². The van der Waals surface area contributed by atoms with Gasteiger partial charge in [-0.3, -0.25) is 19.4 Å². The van der Waals surface area contributed by atoms with Gasteiger partial charge in [-0.05, 0) is 35.4 Å². The molecule has 4 rings (SSSR count). The number of carbonyl (C=O) groups is 4. The van der Waals surface area contributed by atoms with Crippen LogP contribution in [0.2, 0.25) is 0 Å². The van der Waals surface area contributed by atoms with E-state index in [9.17, 15) is 19.2 Å². The Bertz CT molecular complexity index is 1100. The predicted molar refractivity (Wildman–Crippen MR) is 137 cm³/mol. The monoisotopic (exact) mass is 524 g/mol. The van der Waals surface area contributed by atoms with Crippen molar-refractivity contribution in [3.63, 3.8) is 0 Å². The molecule has 0 spiro atoms. The summed E-state index contributed by atoms with van der Waals surface area (Å²) in [6, 6.07) is 13.0. The Balaban J connectivity index is 1.32. The molecule has 0 radical (unpaired) electrons. The lowest BCUT2D eigenvalue weighted by molar-refractivity contribution is 0.0403. The zero-order valence-corrected chi connectivity index (χ0v) is 20.9. The maximum atomic E-state index is 12.9. The molecule has 0 saturated carbocycles. The molecule has 12 nitrogen and oxygen atoms in total. The number of nitrogens with zero attached hydrogens (tertiary/aromatic N) is 2. The Hall–Kier alpha value is -4.16. The first-order valence-corrected chi connectivity index (χ1v) is 12.4. The van der Waals surface area contributed by atoms with Crippen molar-refractivity contribution < 1.29 is 28.7 Å². The van der Waals surface area contributed by atoms with E-state index in [0.717, 1.165) is 11.1 Å². The lowest BCUT2D eigenvalue weighted by atomic mass is 10.0. The summed E-state index contributed by atoms with van der Waals surface area (Å²) in [5.74, 6) is -1.09. The van der Waals surface area contributed by atoms with Crippen LogP contribution in [0.1, 0.15) is 43.9 Å². The Morgan fingerprint density at radius 3 is 1.55 bits per heavy atom. The highest BCUT2D eigenvalue weighted by atomic mass is 16.6. The molecule has 6 N–H and O–H groups in total. The maximum absolute atomic E-state index is 12.9. The number of piperazine rings is 2. The van der Waals surface area contributed by atoms with E-state index in [2.05, 4.69) is 10.6 Å². The number of carbonyl (C=O) groups excluding carboxylic acids is 4. The van der Waals surface area contributed by atoms with Gasteiger partial charge < -0.3 is 31.6 Å². The van der Waals surface area contributed by atoms with Crippen molar-refractivity contribution in [2.75, 3.05) is 52.5 Å². The van der Waals surface area contributed by atoms with E-state index in [1.165, 1.54) is 0 Å². The molecule has 2 aromatic rings. The van der Waals surface area contributed by atoms with Crippen molar-refractivity contribution in [2.45, 2.75) is 12.1 Å². The second-order valence-corrected chi connectivity index (χ2v) is 9.03. The van der Waals surface area contributed by atoms with Gasteiger partial charge in [0, 0.05) is 50.4 Å². The number of nitrogens with two attached hydrogens (primary N) is 2. The fourth-order valence-corrected chi connectivity index (χ4v) is 4.66. The lowest BCUT2D eigenvalue weighted by Crippen LogP contribution is -2.49. The van der Waals surface area contributed by atoms with Crippen LogP contribution in [0, 0.1) is 0 Å². The lowest BCUT2D eigenvalue weighted by Gasteiger charge is -2.36. The first-order valence-electron chi connectivity index (χ1n) is 12.4. The topological polar surface area (TPSA) is 169 Å². The third kappa shape index (κ3) is 6.39. The Morgan fingerprint density at radius 2 is 1.16 bits per heavy atom. The number of hydrogen-bond donors (Lipinski definition) is 4. The molecule has 2 aliphatic rings. The number of hydrogen-bond acceptors (Lipinski definition) is 8. The van der Waals surface area contributed by atoms with Crippen LogP contribution in [0.15, 0.2) is 48.5 Å². The number of benzene rings is 2. The molecule has 2 aliphatic heterocycles. The summed E-state index contributed by atoms with van der Waals surface area (Å²) < 4.78 is 10.8. The van der Waals surface area contributed by atoms with Gasteiger partial charge in [0.05, 0.1) is 12.1 Å². The van der Waals surface area contributed by atoms with Crippen LogP contribution in [0.4, 0.5) is 9.59 Å². The van der Waals surface area contributed by atoms with E-state index in [0.29, 0.717) is 50.4 Å². The van der Waals surface area contributed by atoms with E-state index in [-0.39, 0.29) is 25.3 Å². The fraction of sp³-hybridized carbons (Fsp3) is 0.385. The molecule has 4 amide bonds. The van der Waals surface area contributed by atoms with Crippen LogP contribution < -0.4 is 22.1 Å². The van der Waals surface area contributed by atoms with Gasteiger partial charge in [0.2, 0.25) is 11.8 Å². The predicted octanol–water partition coefficient (Wildman–Crippen LogP) is 0.750. The highest BCUT2D eigenvalue weighted by Crippen LogP contribution is 2.25. The summed E-state index contributed by atoms with van der Waals surface area (Å²) in [5.41, 5.74) is 13.1. The zero-order valence-electron chi connectivity index (χ0n) is 20.9. The molecule has 2 heterocycles. The standard InChI is InChI=1S/C26H32N6O6/c27-23(33)19-5-1-3-17(13-19)21-15-29-7-9-31(21)25(35)37-11-12-38-26(36)32-10-8-30-16-22(32)18-4-2-6-20(14-18)24(28)34/h1-6,13-14,21-22,29-30H,7-12,15-16H2,(H2,27,33)(H2,28,34). The average molecular weight is 525 g/mol. The fourth-order valence-electron chi connectivity index (χ4n) is 4.66. The van der Waals surface area contributed by atoms with E-state index in [4.69, 9.17) is 20.9 Å². The van der Waals surface area contributed by atoms with E-state index in [1.54, 1.807) is 46.2 Å². The van der Waals surface area contributed by atoms with E-state index < -0.39 is 24.0 Å². The Kier molecular flexibility index (Phi) is 8.77. The van der Waals surface area contributed by atoms with Gasteiger partial charge in [-0.2, -0.15) is 0 Å². The molecule has 2 fully saturated rings. The third-order valence-corrected chi connectivity index (χ3v) is 6.60. The van der Waals surface area contributed by atoms with Gasteiger partial charge in [-0.15, -0.1) is 0 Å². The molecule has 2 saturated heterocycles. The smallest absolute Gasteiger partial charge is 0.410 e. The van der Waals surface area contributed by atoms with Crippen molar-refractivity contribution >= 4 is 24.0 Å². The molecule has 202 valence electrons. The number of primary amides is 2. The quantitative estimate of drug-likeness (QED) is 0.385. The molecule has 2 unspecified atom stereocenters. The Labute approximate surface area is 220 Å². The van der Waals surface area contributed by atoms with Crippen LogP contribution in [0.25, 0.3) is 0 Å². The van der Waals surface area contributed by atoms with Gasteiger partial charge in [0.25, 0.3) is 0 Å². The van der Waals surface area contributed by atoms with Crippen molar-refractivity contribution in [1.82, 2.24) is 20.4 Å². The average Bonchev–Trinajstić information content (AvgIpc) is 2.95. The van der Waals surface area contributed by atoms with Crippen LogP contribution in [0.3, 0.4) is 0 Å². The Morgan fingerprint density at radius 1 is 0.737 bits per heavy atom. The highest BCUT2D eigenvalue weighted by Gasteiger charge is 2.31. The van der Waals surface area contributed by atoms with Crippen molar-refractivity contribution in [3.05, 3.63) is 70.8 Å². The zero-order chi connectivity index (χ0) is 27.1. The van der Waals surface area contributed by atoms with Crippen LogP contribution in [-0.2, 0) is 9.47 Å². The number of amides is 4. The maximum Gasteiger partial charge on any atom is 0.410 e. The normalized spacial score (nSPS) is 19.5. The largest absolute Gasteiger partial charge is 0.446 e. The summed E-state index contributed by atoms with van der Waals surface area (Å²) in [6.45, 7) is 2.77. The number of nitrogens with one attached hydrogen (secondary N) is 2. The molecular formula is C26H32N6O6. The SMILES string of the molecule is NC(=O)c1cccc(C2CNCCN2C(=O)OCCOC(=O)N2CCNCC2c2cccc(C(N)=O)c2)c1. The van der Waals surface area contributed by atoms with Crippen LogP contribution >= 0.6 is 0 Å². The van der Waals surface area contributed by atoms with Crippen molar-refractivity contribution in [3.8, 4) is 0 Å². The van der Waals surface area contributed by atoms with Gasteiger partial charge in [0.15, 0.2) is 0 Å². The van der Waals surface area contributed by atoms with Crippen LogP contribution in [0.5, 0.6) is 0 Å². The first-order chi connectivity index (χ1) is 18.3. The molecule has 0 aromatic heterocycles. The minimum Gasteiger partial charge on any atom is -0.446 e. The van der Waals surface area contributed by atoms with Crippen LogP contribution in [-0.4, -0.2) is 86.3 Å². The molecule has 12 heteroatoms. The summed E-state index contributed by atoms with van der Waals surface area (Å²) in [5, 5.41) is 6.48. The third-order valence-electron chi connectivity index (χ3n) is 6.60. The van der Waals surface area contributed by atoms with Gasteiger partial charge >= 0.3 is 12.2 Å². The number of rotatable bonds is 7. The van der Waals surface area contributed by atoms with E-state index >= 15 is 0 Å². The summed E-state index contributed by atoms with van der Waals surface area (Å²) in [6.07, 6.45) is -1.08. The molecule has 2 atom stereocenters. The molecule has 0 bridgehead atoms. The molecular weight excluding hydrogens is 492 g/mol. The minimum atomic E-state index is -0.543. The highest BCUT2D eigenvalue weighted by molar-refractivity contribution is 5.93. The molecule has 38 heavy (non-hydrogen) atoms. The van der Waals surface area contributed by atoms with Crippen molar-refractivity contribution in [2.24, 2.45) is 11.5 Å². The minimum absolute atomic E-state index is 0.115. The summed E-state index contributed by atoms with van der Waals surface area (Å²) in [4.78, 5) is 52.0. The number of ether oxygens (including phenoxy) is 2. The second kappa shape index (κ2) is 12.4. The first kappa shape index (κ1) is 26.9.